The van der Waals surface area contributed by atoms with E-state index in [1.807, 2.05) is 0 Å². The van der Waals surface area contributed by atoms with Crippen LogP contribution in [0.4, 0.5) is 0 Å². The molecule has 0 saturated heterocycles. The van der Waals surface area contributed by atoms with E-state index in [9.17, 15) is 4.79 Å². The third kappa shape index (κ3) is 3.30. The molecule has 17 heavy (non-hydrogen) atoms. The molecule has 0 spiro atoms. The van der Waals surface area contributed by atoms with Crippen LogP contribution in [0.15, 0.2) is 24.3 Å². The molecule has 0 aromatic heterocycles. The number of Topliss-reactive ketones (excluding diaryl/α,β-unsaturated/α-hetero) is 1. The third-order valence-electron chi connectivity index (χ3n) is 3.30. The van der Waals surface area contributed by atoms with E-state index in [-0.39, 0.29) is 24.9 Å². The van der Waals surface area contributed by atoms with E-state index in [1.54, 1.807) is 24.3 Å². The van der Waals surface area contributed by atoms with Gasteiger partial charge >= 0.3 is 0 Å². The van der Waals surface area contributed by atoms with Crippen molar-refractivity contribution >= 4 is 5.78 Å². The molecule has 1 aromatic carbocycles. The lowest BCUT2D eigenvalue weighted by Gasteiger charge is -2.09. The number of hydrogen-bond acceptors (Lipinski definition) is 3. The average molecular weight is 234 g/mol. The fourth-order valence-electron chi connectivity index (χ4n) is 2.21. The first-order valence-corrected chi connectivity index (χ1v) is 6.15. The van der Waals surface area contributed by atoms with Gasteiger partial charge in [0.2, 0.25) is 0 Å². The van der Waals surface area contributed by atoms with Crippen molar-refractivity contribution in [3.8, 4) is 5.75 Å². The van der Waals surface area contributed by atoms with Crippen LogP contribution < -0.4 is 4.74 Å². The number of ketones is 1. The highest BCUT2D eigenvalue weighted by molar-refractivity contribution is 5.82. The van der Waals surface area contributed by atoms with E-state index < -0.39 is 0 Å². The first kappa shape index (κ1) is 12.1. The van der Waals surface area contributed by atoms with Gasteiger partial charge in [0.15, 0.2) is 5.78 Å². The minimum absolute atomic E-state index is 0.0291. The first-order chi connectivity index (χ1) is 8.29. The molecular formula is C14H18O3. The van der Waals surface area contributed by atoms with Gasteiger partial charge in [0.25, 0.3) is 0 Å². The SMILES string of the molecule is O=C(COc1ccc(CO)cc1)C1CCCC1. The fourth-order valence-corrected chi connectivity index (χ4v) is 2.21. The number of rotatable bonds is 5. The van der Waals surface area contributed by atoms with Crippen molar-refractivity contribution in [2.24, 2.45) is 5.92 Å². The van der Waals surface area contributed by atoms with Gasteiger partial charge in [-0.05, 0) is 30.5 Å². The van der Waals surface area contributed by atoms with E-state index in [0.717, 1.165) is 18.4 Å². The van der Waals surface area contributed by atoms with Gasteiger partial charge in [0, 0.05) is 5.92 Å². The Kier molecular flexibility index (Phi) is 4.15. The number of aliphatic hydroxyl groups excluding tert-OH is 1. The van der Waals surface area contributed by atoms with Crippen molar-refractivity contribution in [2.45, 2.75) is 32.3 Å². The van der Waals surface area contributed by atoms with Crippen LogP contribution in [-0.2, 0) is 11.4 Å². The highest BCUT2D eigenvalue weighted by Crippen LogP contribution is 2.25. The van der Waals surface area contributed by atoms with Crippen LogP contribution in [0.25, 0.3) is 0 Å². The topological polar surface area (TPSA) is 46.5 Å². The van der Waals surface area contributed by atoms with Gasteiger partial charge in [0.1, 0.15) is 12.4 Å². The molecule has 0 atom stereocenters. The summed E-state index contributed by atoms with van der Waals surface area (Å²) in [6.07, 6.45) is 4.38. The molecule has 1 N–H and O–H groups in total. The maximum Gasteiger partial charge on any atom is 0.173 e. The molecule has 1 fully saturated rings. The summed E-state index contributed by atoms with van der Waals surface area (Å²) in [7, 11) is 0. The summed E-state index contributed by atoms with van der Waals surface area (Å²) in [6.45, 7) is 0.199. The Labute approximate surface area is 101 Å². The Morgan fingerprint density at radius 3 is 2.47 bits per heavy atom. The monoisotopic (exact) mass is 234 g/mol. The standard InChI is InChI=1S/C14H18O3/c15-9-11-5-7-13(8-6-11)17-10-14(16)12-3-1-2-4-12/h5-8,12,15H,1-4,9-10H2. The van der Waals surface area contributed by atoms with Crippen LogP contribution >= 0.6 is 0 Å². The molecule has 0 amide bonds. The van der Waals surface area contributed by atoms with E-state index in [1.165, 1.54) is 12.8 Å². The molecule has 0 aliphatic heterocycles. The van der Waals surface area contributed by atoms with Gasteiger partial charge in [-0.25, -0.2) is 0 Å². The summed E-state index contributed by atoms with van der Waals surface area (Å²) in [6, 6.07) is 7.17. The lowest BCUT2D eigenvalue weighted by Crippen LogP contribution is -2.19. The minimum atomic E-state index is 0.0291. The van der Waals surface area contributed by atoms with Gasteiger partial charge in [-0.1, -0.05) is 25.0 Å². The second-order valence-electron chi connectivity index (χ2n) is 4.54. The lowest BCUT2D eigenvalue weighted by molar-refractivity contribution is -0.124. The van der Waals surface area contributed by atoms with Crippen molar-refractivity contribution in [3.05, 3.63) is 29.8 Å². The molecule has 1 aromatic rings. The lowest BCUT2D eigenvalue weighted by atomic mass is 10.0. The predicted molar refractivity (Wildman–Crippen MR) is 64.8 cm³/mol. The highest BCUT2D eigenvalue weighted by atomic mass is 16.5. The average Bonchev–Trinajstić information content (AvgIpc) is 2.90. The molecule has 2 rings (SSSR count). The second-order valence-corrected chi connectivity index (χ2v) is 4.54. The maximum absolute atomic E-state index is 11.8. The number of carbonyl (C=O) groups excluding carboxylic acids is 1. The Hall–Kier alpha value is -1.35. The summed E-state index contributed by atoms with van der Waals surface area (Å²) < 4.78 is 5.45. The summed E-state index contributed by atoms with van der Waals surface area (Å²) in [5.41, 5.74) is 0.847. The van der Waals surface area contributed by atoms with E-state index >= 15 is 0 Å². The summed E-state index contributed by atoms with van der Waals surface area (Å²) in [5, 5.41) is 8.90. The first-order valence-electron chi connectivity index (χ1n) is 6.15. The van der Waals surface area contributed by atoms with E-state index in [2.05, 4.69) is 0 Å². The predicted octanol–water partition coefficient (Wildman–Crippen LogP) is 2.32. The molecule has 92 valence electrons. The number of carbonyl (C=O) groups is 1. The van der Waals surface area contributed by atoms with Gasteiger partial charge in [-0.15, -0.1) is 0 Å². The molecule has 0 radical (unpaired) electrons. The summed E-state index contributed by atoms with van der Waals surface area (Å²) >= 11 is 0. The molecule has 3 nitrogen and oxygen atoms in total. The molecule has 0 unspecified atom stereocenters. The van der Waals surface area contributed by atoms with Crippen LogP contribution in [0.1, 0.15) is 31.2 Å². The van der Waals surface area contributed by atoms with E-state index in [0.29, 0.717) is 5.75 Å². The van der Waals surface area contributed by atoms with E-state index in [4.69, 9.17) is 9.84 Å². The Morgan fingerprint density at radius 1 is 1.24 bits per heavy atom. The zero-order chi connectivity index (χ0) is 12.1. The number of ether oxygens (including phenoxy) is 1. The van der Waals surface area contributed by atoms with Crippen LogP contribution in [0.3, 0.4) is 0 Å². The largest absolute Gasteiger partial charge is 0.486 e. The molecule has 1 aliphatic rings. The maximum atomic E-state index is 11.8. The van der Waals surface area contributed by atoms with Crippen LogP contribution in [0, 0.1) is 5.92 Å². The minimum Gasteiger partial charge on any atom is -0.486 e. The van der Waals surface area contributed by atoms with Crippen LogP contribution in [0.2, 0.25) is 0 Å². The van der Waals surface area contributed by atoms with Gasteiger partial charge in [0.05, 0.1) is 6.61 Å². The normalized spacial score (nSPS) is 16.1. The Balaban J connectivity index is 1.82. The van der Waals surface area contributed by atoms with Gasteiger partial charge in [-0.3, -0.25) is 4.79 Å². The molecule has 0 bridgehead atoms. The smallest absolute Gasteiger partial charge is 0.173 e. The number of hydrogen-bond donors (Lipinski definition) is 1. The van der Waals surface area contributed by atoms with Crippen LogP contribution in [-0.4, -0.2) is 17.5 Å². The quantitative estimate of drug-likeness (QED) is 0.850. The number of aliphatic hydroxyl groups is 1. The third-order valence-corrected chi connectivity index (χ3v) is 3.30. The summed E-state index contributed by atoms with van der Waals surface area (Å²) in [4.78, 5) is 11.8. The van der Waals surface area contributed by atoms with Gasteiger partial charge < -0.3 is 9.84 Å². The summed E-state index contributed by atoms with van der Waals surface area (Å²) in [5.74, 6) is 1.12. The Morgan fingerprint density at radius 2 is 1.88 bits per heavy atom. The van der Waals surface area contributed by atoms with Crippen molar-refractivity contribution < 1.29 is 14.6 Å². The second kappa shape index (κ2) is 5.82. The van der Waals surface area contributed by atoms with Crippen molar-refractivity contribution in [3.63, 3.8) is 0 Å². The molecule has 0 heterocycles. The van der Waals surface area contributed by atoms with Crippen molar-refractivity contribution in [2.75, 3.05) is 6.61 Å². The zero-order valence-electron chi connectivity index (χ0n) is 9.89. The van der Waals surface area contributed by atoms with Crippen molar-refractivity contribution in [1.82, 2.24) is 0 Å². The molecule has 1 saturated carbocycles. The number of benzene rings is 1. The molecule has 1 aliphatic carbocycles. The van der Waals surface area contributed by atoms with Gasteiger partial charge in [-0.2, -0.15) is 0 Å². The highest BCUT2D eigenvalue weighted by Gasteiger charge is 2.22. The van der Waals surface area contributed by atoms with Crippen molar-refractivity contribution in [1.29, 1.82) is 0 Å². The van der Waals surface area contributed by atoms with Crippen LogP contribution in [0.5, 0.6) is 5.75 Å². The zero-order valence-corrected chi connectivity index (χ0v) is 9.89. The fraction of sp³-hybridized carbons (Fsp3) is 0.500. The molecular weight excluding hydrogens is 216 g/mol. The Bertz CT molecular complexity index is 364. The molecule has 3 heteroatoms.